The summed E-state index contributed by atoms with van der Waals surface area (Å²) in [6, 6.07) is 6.10. The molecule has 0 aliphatic carbocycles. The first kappa shape index (κ1) is 11.1. The van der Waals surface area contributed by atoms with E-state index in [0.717, 1.165) is 8.26 Å². The lowest BCUT2D eigenvalue weighted by atomic mass is 10.3. The fourth-order valence-corrected chi connectivity index (χ4v) is 4.77. The average Bonchev–Trinajstić information content (AvgIpc) is 2.73. The summed E-state index contributed by atoms with van der Waals surface area (Å²) >= 11 is 16.6. The number of halogens is 3. The molecule has 2 heterocycles. The summed E-state index contributed by atoms with van der Waals surface area (Å²) in [6.07, 6.45) is 0. The molecule has 0 saturated carbocycles. The number of hydrogen-bond acceptors (Lipinski definition) is 2. The Morgan fingerprint density at radius 1 is 1.21 bits per heavy atom. The first-order valence-electron chi connectivity index (χ1n) is 3.80. The van der Waals surface area contributed by atoms with Crippen LogP contribution in [-0.4, -0.2) is 0 Å². The molecular formula is C9H5Br2ClS2. The normalized spacial score (nSPS) is 13.1. The highest BCUT2D eigenvalue weighted by molar-refractivity contribution is 9.11. The highest BCUT2D eigenvalue weighted by Gasteiger charge is 2.16. The molecular weight excluding hydrogens is 367 g/mol. The zero-order valence-corrected chi connectivity index (χ0v) is 12.4. The monoisotopic (exact) mass is 370 g/mol. The van der Waals surface area contributed by atoms with Gasteiger partial charge in [0.2, 0.25) is 0 Å². The zero-order chi connectivity index (χ0) is 10.1. The third kappa shape index (κ3) is 2.25. The van der Waals surface area contributed by atoms with Crippen LogP contribution in [-0.2, 0) is 0 Å². The van der Waals surface area contributed by atoms with Crippen molar-refractivity contribution in [3.8, 4) is 0 Å². The van der Waals surface area contributed by atoms with Crippen LogP contribution in [0, 0.1) is 0 Å². The first-order chi connectivity index (χ1) is 6.68. The minimum absolute atomic E-state index is 0.0410. The van der Waals surface area contributed by atoms with Crippen LogP contribution in [0.4, 0.5) is 0 Å². The molecule has 0 aromatic carbocycles. The molecule has 5 heteroatoms. The molecule has 0 aliphatic rings. The van der Waals surface area contributed by atoms with Crippen molar-refractivity contribution in [3.63, 3.8) is 0 Å². The minimum Gasteiger partial charge on any atom is -0.146 e. The van der Waals surface area contributed by atoms with Crippen LogP contribution in [0.15, 0.2) is 31.8 Å². The summed E-state index contributed by atoms with van der Waals surface area (Å²) in [4.78, 5) is 2.34. The quantitative estimate of drug-likeness (QED) is 0.597. The Hall–Kier alpha value is 0.650. The molecule has 0 N–H and O–H groups in total. The number of alkyl halides is 1. The number of hydrogen-bond donors (Lipinski definition) is 0. The van der Waals surface area contributed by atoms with Crippen LogP contribution in [0.2, 0.25) is 0 Å². The van der Waals surface area contributed by atoms with Gasteiger partial charge < -0.3 is 0 Å². The maximum atomic E-state index is 6.36. The minimum atomic E-state index is -0.0410. The predicted octanol–water partition coefficient (Wildman–Crippen LogP) is 5.66. The van der Waals surface area contributed by atoms with E-state index in [1.54, 1.807) is 22.7 Å². The Kier molecular flexibility index (Phi) is 3.71. The topological polar surface area (TPSA) is 0 Å². The molecule has 0 bridgehead atoms. The largest absolute Gasteiger partial charge is 0.146 e. The van der Waals surface area contributed by atoms with E-state index in [1.165, 1.54) is 9.75 Å². The molecule has 74 valence electrons. The Morgan fingerprint density at radius 2 is 2.00 bits per heavy atom. The molecule has 0 aliphatic heterocycles. The van der Waals surface area contributed by atoms with Crippen molar-refractivity contribution in [3.05, 3.63) is 41.6 Å². The Labute approximate surface area is 112 Å². The van der Waals surface area contributed by atoms with E-state index in [9.17, 15) is 0 Å². The van der Waals surface area contributed by atoms with Crippen LogP contribution in [0.5, 0.6) is 0 Å². The van der Waals surface area contributed by atoms with E-state index < -0.39 is 0 Å². The van der Waals surface area contributed by atoms with Gasteiger partial charge in [0, 0.05) is 14.2 Å². The highest BCUT2D eigenvalue weighted by Crippen LogP contribution is 2.40. The van der Waals surface area contributed by atoms with Crippen LogP contribution in [0.1, 0.15) is 15.1 Å². The second kappa shape index (κ2) is 4.66. The highest BCUT2D eigenvalue weighted by atomic mass is 79.9. The van der Waals surface area contributed by atoms with Crippen LogP contribution in [0.3, 0.4) is 0 Å². The van der Waals surface area contributed by atoms with Gasteiger partial charge in [-0.05, 0) is 55.4 Å². The molecule has 1 unspecified atom stereocenters. The summed E-state index contributed by atoms with van der Waals surface area (Å²) in [5.74, 6) is 0. The van der Waals surface area contributed by atoms with Crippen LogP contribution < -0.4 is 0 Å². The number of rotatable bonds is 2. The lowest BCUT2D eigenvalue weighted by Gasteiger charge is -2.04. The molecule has 1 atom stereocenters. The summed E-state index contributed by atoms with van der Waals surface area (Å²) < 4.78 is 2.21. The molecule has 2 aromatic rings. The van der Waals surface area contributed by atoms with E-state index in [0.29, 0.717) is 0 Å². The second-order valence-corrected chi connectivity index (χ2v) is 7.37. The Bertz CT molecular complexity index is 435. The van der Waals surface area contributed by atoms with E-state index in [2.05, 4.69) is 37.9 Å². The smallest absolute Gasteiger partial charge is 0.103 e. The summed E-state index contributed by atoms with van der Waals surface area (Å²) in [5, 5.41) is 2.00. The molecule has 2 rings (SSSR count). The van der Waals surface area contributed by atoms with Gasteiger partial charge in [-0.1, -0.05) is 0 Å². The Balaban J connectivity index is 2.33. The lowest BCUT2D eigenvalue weighted by Crippen LogP contribution is -1.85. The van der Waals surface area contributed by atoms with Gasteiger partial charge in [-0.2, -0.15) is 0 Å². The summed E-state index contributed by atoms with van der Waals surface area (Å²) in [7, 11) is 0. The summed E-state index contributed by atoms with van der Waals surface area (Å²) in [6.45, 7) is 0. The van der Waals surface area contributed by atoms with Gasteiger partial charge in [0.05, 0.1) is 3.79 Å². The second-order valence-electron chi connectivity index (χ2n) is 2.64. The SMILES string of the molecule is ClC(c1ccc(Br)s1)c1sccc1Br. The molecule has 14 heavy (non-hydrogen) atoms. The molecule has 0 radical (unpaired) electrons. The van der Waals surface area contributed by atoms with Gasteiger partial charge in [-0.15, -0.1) is 34.3 Å². The average molecular weight is 373 g/mol. The van der Waals surface area contributed by atoms with Crippen molar-refractivity contribution in [2.75, 3.05) is 0 Å². The fourth-order valence-electron chi connectivity index (χ4n) is 1.08. The molecule has 2 aromatic heterocycles. The van der Waals surface area contributed by atoms with E-state index in [1.807, 2.05) is 17.5 Å². The van der Waals surface area contributed by atoms with Crippen molar-refractivity contribution in [2.45, 2.75) is 5.38 Å². The molecule has 0 saturated heterocycles. The van der Waals surface area contributed by atoms with Crippen LogP contribution in [0.25, 0.3) is 0 Å². The fraction of sp³-hybridized carbons (Fsp3) is 0.111. The third-order valence-electron chi connectivity index (χ3n) is 1.72. The van der Waals surface area contributed by atoms with Gasteiger partial charge in [-0.3, -0.25) is 0 Å². The molecule has 0 fully saturated rings. The van der Waals surface area contributed by atoms with Crippen molar-refractivity contribution < 1.29 is 0 Å². The lowest BCUT2D eigenvalue weighted by molar-refractivity contribution is 1.23. The van der Waals surface area contributed by atoms with E-state index in [4.69, 9.17) is 11.6 Å². The van der Waals surface area contributed by atoms with Gasteiger partial charge in [0.1, 0.15) is 5.38 Å². The van der Waals surface area contributed by atoms with Gasteiger partial charge >= 0.3 is 0 Å². The van der Waals surface area contributed by atoms with Gasteiger partial charge in [0.15, 0.2) is 0 Å². The van der Waals surface area contributed by atoms with Crippen molar-refractivity contribution in [1.82, 2.24) is 0 Å². The third-order valence-corrected chi connectivity index (χ3v) is 6.06. The summed E-state index contributed by atoms with van der Waals surface area (Å²) in [5.41, 5.74) is 0. The van der Waals surface area contributed by atoms with Gasteiger partial charge in [0.25, 0.3) is 0 Å². The maximum absolute atomic E-state index is 6.36. The van der Waals surface area contributed by atoms with Crippen molar-refractivity contribution in [2.24, 2.45) is 0 Å². The Morgan fingerprint density at radius 3 is 2.50 bits per heavy atom. The standard InChI is InChI=1S/C9H5Br2ClS2/c10-5-3-4-13-9(5)8(12)6-1-2-7(11)14-6/h1-4,8H. The van der Waals surface area contributed by atoms with Crippen molar-refractivity contribution in [1.29, 1.82) is 0 Å². The molecule has 0 amide bonds. The first-order valence-corrected chi connectivity index (χ1v) is 7.52. The predicted molar refractivity (Wildman–Crippen MR) is 71.7 cm³/mol. The maximum Gasteiger partial charge on any atom is 0.103 e. The van der Waals surface area contributed by atoms with E-state index >= 15 is 0 Å². The van der Waals surface area contributed by atoms with Crippen molar-refractivity contribution >= 4 is 66.1 Å². The zero-order valence-electron chi connectivity index (χ0n) is 6.84. The molecule has 0 spiro atoms. The number of thiophene rings is 2. The van der Waals surface area contributed by atoms with Crippen LogP contribution >= 0.6 is 66.1 Å². The van der Waals surface area contributed by atoms with E-state index in [-0.39, 0.29) is 5.38 Å². The molecule has 0 nitrogen and oxygen atoms in total. The van der Waals surface area contributed by atoms with Gasteiger partial charge in [-0.25, -0.2) is 0 Å².